The van der Waals surface area contributed by atoms with Gasteiger partial charge in [0.15, 0.2) is 0 Å². The van der Waals surface area contributed by atoms with Crippen LogP contribution in [-0.2, 0) is 49.4 Å². The molecule has 0 saturated heterocycles. The molecule has 0 N–H and O–H groups in total. The van der Waals surface area contributed by atoms with Crippen LogP contribution in [0.15, 0.2) is 48.6 Å². The van der Waals surface area contributed by atoms with Gasteiger partial charge in [-0.1, -0.05) is 0 Å². The van der Waals surface area contributed by atoms with Gasteiger partial charge in [-0.25, -0.2) is 0 Å². The maximum absolute atomic E-state index is 2.45. The van der Waals surface area contributed by atoms with Crippen LogP contribution in [0.4, 0.5) is 0 Å². The van der Waals surface area contributed by atoms with Gasteiger partial charge in [-0.15, -0.1) is 0 Å². The molecule has 0 bridgehead atoms. The summed E-state index contributed by atoms with van der Waals surface area (Å²) in [4.78, 5) is 0. The number of allylic oxidation sites excluding steroid dienone is 2. The van der Waals surface area contributed by atoms with Crippen LogP contribution < -0.4 is 24.8 Å². The van der Waals surface area contributed by atoms with Crippen LogP contribution in [0.5, 0.6) is 0 Å². The molecule has 0 amide bonds. The van der Waals surface area contributed by atoms with Gasteiger partial charge in [-0.3, -0.25) is 0 Å². The Labute approximate surface area is 187 Å². The third kappa shape index (κ3) is 4.32. The first kappa shape index (κ1) is 22.3. The fraction of sp³-hybridized carbons (Fsp3) is 0.200. The molecular formula is C20H18Cl2Zr2. The first-order chi connectivity index (χ1) is 10.2. The van der Waals surface area contributed by atoms with Crippen LogP contribution in [-0.4, -0.2) is 0 Å². The van der Waals surface area contributed by atoms with Gasteiger partial charge in [-0.05, 0) is 0 Å². The van der Waals surface area contributed by atoms with Gasteiger partial charge >= 0.3 is 138 Å². The van der Waals surface area contributed by atoms with E-state index in [-0.39, 0.29) is 51.0 Å². The van der Waals surface area contributed by atoms with E-state index in [9.17, 15) is 0 Å². The Bertz CT molecular complexity index is 716. The normalized spacial score (nSPS) is 18.6. The molecule has 2 aliphatic carbocycles. The zero-order valence-electron chi connectivity index (χ0n) is 13.7. The first-order valence-corrected chi connectivity index (χ1v) is 10.4. The van der Waals surface area contributed by atoms with Crippen molar-refractivity contribution < 1.29 is 74.3 Å². The van der Waals surface area contributed by atoms with Gasteiger partial charge < -0.3 is 24.8 Å². The largest absolute Gasteiger partial charge is 1.00 e. The number of aryl methyl sites for hydroxylation is 2. The maximum atomic E-state index is 2.45. The summed E-state index contributed by atoms with van der Waals surface area (Å²) < 4.78 is 1.46. The summed E-state index contributed by atoms with van der Waals surface area (Å²) in [6.45, 7) is 4.36. The van der Waals surface area contributed by atoms with E-state index in [1.165, 1.54) is 22.3 Å². The fourth-order valence-electron chi connectivity index (χ4n) is 3.33. The summed E-state index contributed by atoms with van der Waals surface area (Å²) in [6.07, 6.45) is 9.58. The van der Waals surface area contributed by atoms with Crippen LogP contribution in [0.1, 0.15) is 40.6 Å². The molecule has 2 atom stereocenters. The second-order valence-electron chi connectivity index (χ2n) is 6.10. The second-order valence-corrected chi connectivity index (χ2v) is 9.98. The van der Waals surface area contributed by atoms with Crippen molar-refractivity contribution in [3.05, 3.63) is 81.9 Å². The molecule has 0 heterocycles. The Hall–Kier alpha value is 0.266. The molecule has 0 radical (unpaired) electrons. The first-order valence-electron chi connectivity index (χ1n) is 7.54. The maximum Gasteiger partial charge on any atom is 0 e. The van der Waals surface area contributed by atoms with Crippen molar-refractivity contribution >= 4 is 12.2 Å². The van der Waals surface area contributed by atoms with Crippen molar-refractivity contribution in [1.29, 1.82) is 0 Å². The molecule has 2 aromatic carbocycles. The zero-order chi connectivity index (χ0) is 14.4. The van der Waals surface area contributed by atoms with E-state index in [4.69, 9.17) is 0 Å². The number of halogens is 2. The van der Waals surface area contributed by atoms with Gasteiger partial charge in [0.1, 0.15) is 0 Å². The third-order valence-electron chi connectivity index (χ3n) is 4.45. The Morgan fingerprint density at radius 1 is 0.708 bits per heavy atom. The molecule has 4 rings (SSSR count). The van der Waals surface area contributed by atoms with Crippen molar-refractivity contribution in [2.24, 2.45) is 0 Å². The molecule has 0 nitrogen and oxygen atoms in total. The Morgan fingerprint density at radius 3 is 1.54 bits per heavy atom. The predicted octanol–water partition coefficient (Wildman–Crippen LogP) is -0.773. The summed E-state index contributed by atoms with van der Waals surface area (Å²) in [5.74, 6) is 0. The Kier molecular flexibility index (Phi) is 8.62. The number of rotatable bonds is 2. The molecule has 2 aliphatic rings. The van der Waals surface area contributed by atoms with Crippen LogP contribution >= 0.6 is 0 Å². The quantitative estimate of drug-likeness (QED) is 0.497. The molecule has 0 aromatic heterocycles. The van der Waals surface area contributed by atoms with Crippen molar-refractivity contribution in [2.75, 3.05) is 0 Å². The Balaban J connectivity index is 0.000000960. The van der Waals surface area contributed by atoms with Crippen molar-refractivity contribution in [3.63, 3.8) is 0 Å². The zero-order valence-corrected chi connectivity index (χ0v) is 20.1. The number of fused-ring (bicyclic) bond motifs is 2. The second kappa shape index (κ2) is 9.27. The molecule has 0 aliphatic heterocycles. The van der Waals surface area contributed by atoms with Crippen LogP contribution in [0, 0.1) is 13.8 Å². The van der Waals surface area contributed by atoms with Gasteiger partial charge in [0.2, 0.25) is 0 Å². The molecular weight excluding hydrogens is 494 g/mol. The summed E-state index contributed by atoms with van der Waals surface area (Å²) >= 11 is -0.572. The van der Waals surface area contributed by atoms with Crippen LogP contribution in [0.2, 0.25) is 0 Å². The van der Waals surface area contributed by atoms with E-state index < -0.39 is 23.2 Å². The topological polar surface area (TPSA) is 0 Å². The predicted molar refractivity (Wildman–Crippen MR) is 85.9 cm³/mol. The van der Waals surface area contributed by atoms with E-state index in [2.05, 4.69) is 74.5 Å². The van der Waals surface area contributed by atoms with E-state index in [1.54, 1.807) is 11.1 Å². The fourth-order valence-corrected chi connectivity index (χ4v) is 7.48. The molecule has 0 spiro atoms. The number of hydrogen-bond donors (Lipinski definition) is 0. The Morgan fingerprint density at radius 2 is 1.12 bits per heavy atom. The molecule has 0 saturated carbocycles. The molecule has 4 heteroatoms. The van der Waals surface area contributed by atoms with Crippen molar-refractivity contribution in [1.82, 2.24) is 0 Å². The SMILES string of the molecule is Cc1ccc2c(c1)C=C[CH]2[Zr+2][CH]1C=Cc2cc(C)ccc21.[Cl-].[Cl-].[Zr]. The molecule has 0 fully saturated rings. The summed E-state index contributed by atoms with van der Waals surface area (Å²) in [7, 11) is 0. The van der Waals surface area contributed by atoms with E-state index in [0.717, 1.165) is 7.25 Å². The van der Waals surface area contributed by atoms with Gasteiger partial charge in [0, 0.05) is 26.2 Å². The summed E-state index contributed by atoms with van der Waals surface area (Å²) in [5.41, 5.74) is 8.78. The van der Waals surface area contributed by atoms with Crippen molar-refractivity contribution in [2.45, 2.75) is 21.1 Å². The van der Waals surface area contributed by atoms with E-state index in [0.29, 0.717) is 0 Å². The van der Waals surface area contributed by atoms with Gasteiger partial charge in [0.25, 0.3) is 0 Å². The molecule has 120 valence electrons. The number of benzene rings is 2. The number of hydrogen-bond acceptors (Lipinski definition) is 0. The minimum absolute atomic E-state index is 0. The van der Waals surface area contributed by atoms with E-state index in [1.807, 2.05) is 0 Å². The minimum atomic E-state index is -0.572. The van der Waals surface area contributed by atoms with Crippen molar-refractivity contribution in [3.8, 4) is 0 Å². The average molecular weight is 512 g/mol. The van der Waals surface area contributed by atoms with Crippen LogP contribution in [0.25, 0.3) is 12.2 Å². The molecule has 2 unspecified atom stereocenters. The van der Waals surface area contributed by atoms with Gasteiger partial charge in [0.05, 0.1) is 0 Å². The van der Waals surface area contributed by atoms with Crippen LogP contribution in [0.3, 0.4) is 0 Å². The smallest absolute Gasteiger partial charge is 0 e. The molecule has 24 heavy (non-hydrogen) atoms. The molecule has 2 aromatic rings. The summed E-state index contributed by atoms with van der Waals surface area (Å²) in [6, 6.07) is 13.9. The summed E-state index contributed by atoms with van der Waals surface area (Å²) in [5, 5.41) is 0. The van der Waals surface area contributed by atoms with E-state index >= 15 is 0 Å². The third-order valence-corrected chi connectivity index (χ3v) is 8.69. The monoisotopic (exact) mass is 508 g/mol. The minimum Gasteiger partial charge on any atom is -1.00 e. The standard InChI is InChI=1S/2C10H9.2ClH.2Zr/c2*1-8-5-6-9-3-2-4-10(9)7-8;;;;/h2*2-7H,1H3;2*1H;;/q;;;;;+2/p-2. The average Bonchev–Trinajstić information content (AvgIpc) is 3.03. The van der Waals surface area contributed by atoms with Gasteiger partial charge in [-0.2, -0.15) is 0 Å².